The topological polar surface area (TPSA) is 109 Å². The highest BCUT2D eigenvalue weighted by molar-refractivity contribution is 7.12. The van der Waals surface area contributed by atoms with E-state index in [1.807, 2.05) is 73.8 Å². The number of urea groups is 1. The van der Waals surface area contributed by atoms with Gasteiger partial charge in [-0.15, -0.1) is 11.3 Å². The normalized spacial score (nSPS) is 11.3. The lowest BCUT2D eigenvalue weighted by Crippen LogP contribution is -2.27. The number of amides is 4. The Morgan fingerprint density at radius 1 is 0.875 bits per heavy atom. The van der Waals surface area contributed by atoms with Crippen LogP contribution in [-0.4, -0.2) is 25.0 Å². The minimum atomic E-state index is -0.391. The Morgan fingerprint density at radius 3 is 2.30 bits per heavy atom. The molecule has 0 fully saturated rings. The van der Waals surface area contributed by atoms with E-state index in [0.29, 0.717) is 27.7 Å². The van der Waals surface area contributed by atoms with Crippen molar-refractivity contribution in [3.05, 3.63) is 106 Å². The van der Waals surface area contributed by atoms with Gasteiger partial charge in [0.1, 0.15) is 5.75 Å². The lowest BCUT2D eigenvalue weighted by molar-refractivity contribution is -0.115. The van der Waals surface area contributed by atoms with Crippen molar-refractivity contribution in [2.24, 2.45) is 0 Å². The highest BCUT2D eigenvalue weighted by Crippen LogP contribution is 2.27. The summed E-state index contributed by atoms with van der Waals surface area (Å²) in [6.45, 7) is 3.93. The van der Waals surface area contributed by atoms with Gasteiger partial charge in [0, 0.05) is 11.4 Å². The van der Waals surface area contributed by atoms with Crippen LogP contribution in [-0.2, 0) is 11.2 Å². The maximum Gasteiger partial charge on any atom is 0.323 e. The Morgan fingerprint density at radius 2 is 1.62 bits per heavy atom. The summed E-state index contributed by atoms with van der Waals surface area (Å²) in [7, 11) is 1.51. The number of benzene rings is 3. The molecule has 4 amide bonds. The predicted molar refractivity (Wildman–Crippen MR) is 160 cm³/mol. The number of thiophene rings is 1. The minimum absolute atomic E-state index is 0.0946. The van der Waals surface area contributed by atoms with Gasteiger partial charge in [-0.25, -0.2) is 4.79 Å². The first-order valence-corrected chi connectivity index (χ1v) is 13.8. The third-order valence-electron chi connectivity index (χ3n) is 6.33. The molecule has 3 aromatic carbocycles. The smallest absolute Gasteiger partial charge is 0.323 e. The molecule has 0 radical (unpaired) electrons. The number of hydrogen-bond acceptors (Lipinski definition) is 5. The van der Waals surface area contributed by atoms with Gasteiger partial charge >= 0.3 is 6.03 Å². The lowest BCUT2D eigenvalue weighted by Gasteiger charge is -2.17. The first kappa shape index (κ1) is 28.4. The molecule has 0 aliphatic heterocycles. The van der Waals surface area contributed by atoms with E-state index in [2.05, 4.69) is 21.3 Å². The Balaban J connectivity index is 1.33. The van der Waals surface area contributed by atoms with Gasteiger partial charge in [-0.05, 0) is 71.8 Å². The number of anilines is 3. The number of carbonyl (C=O) groups is 3. The Bertz CT molecular complexity index is 1470. The van der Waals surface area contributed by atoms with Gasteiger partial charge in [0.15, 0.2) is 0 Å². The number of methoxy groups -OCH3 is 1. The molecule has 0 aliphatic rings. The quantitative estimate of drug-likeness (QED) is 0.173. The van der Waals surface area contributed by atoms with Crippen molar-refractivity contribution < 1.29 is 19.1 Å². The van der Waals surface area contributed by atoms with Crippen molar-refractivity contribution in [2.45, 2.75) is 32.7 Å². The lowest BCUT2D eigenvalue weighted by atomic mass is 10.0. The molecule has 1 heterocycles. The maximum atomic E-state index is 12.7. The fourth-order valence-electron chi connectivity index (χ4n) is 4.19. The van der Waals surface area contributed by atoms with Gasteiger partial charge < -0.3 is 26.0 Å². The first-order chi connectivity index (χ1) is 19.4. The van der Waals surface area contributed by atoms with Crippen LogP contribution in [0.2, 0.25) is 0 Å². The van der Waals surface area contributed by atoms with E-state index in [-0.39, 0.29) is 24.3 Å². The fraction of sp³-hybridized carbons (Fsp3) is 0.194. The highest BCUT2D eigenvalue weighted by Gasteiger charge is 2.16. The zero-order valence-electron chi connectivity index (χ0n) is 22.6. The Kier molecular flexibility index (Phi) is 9.53. The number of carbonyl (C=O) groups excluding carboxylic acids is 3. The molecule has 4 N–H and O–H groups in total. The van der Waals surface area contributed by atoms with Gasteiger partial charge in [-0.3, -0.25) is 9.59 Å². The van der Waals surface area contributed by atoms with E-state index in [1.165, 1.54) is 18.4 Å². The zero-order chi connectivity index (χ0) is 28.5. The third kappa shape index (κ3) is 7.48. The molecule has 4 rings (SSSR count). The standard InChI is InChI=1S/C31H32N4O4S/c1-4-24(33-30(37)28-10-7-17-40-28)22-12-14-23(15-13-22)32-29(36)19-21-11-16-26(27(18-21)39-3)35-31(38)34-25-9-6-5-8-20(25)2/h5-18,24H,4,19H2,1-3H3,(H,32,36)(H,33,37)(H2,34,35,38)/t24-/m1/s1. The average molecular weight is 557 g/mol. The number of nitrogens with one attached hydrogen (secondary N) is 4. The Hall–Kier alpha value is -4.63. The highest BCUT2D eigenvalue weighted by atomic mass is 32.1. The van der Waals surface area contributed by atoms with E-state index in [9.17, 15) is 14.4 Å². The largest absolute Gasteiger partial charge is 0.495 e. The molecule has 1 atom stereocenters. The molecule has 9 heteroatoms. The Labute approximate surface area is 237 Å². The van der Waals surface area contributed by atoms with Gasteiger partial charge in [0.25, 0.3) is 5.91 Å². The molecule has 8 nitrogen and oxygen atoms in total. The molecule has 1 aromatic heterocycles. The van der Waals surface area contributed by atoms with Crippen LogP contribution >= 0.6 is 11.3 Å². The van der Waals surface area contributed by atoms with Crippen LogP contribution in [0.5, 0.6) is 5.75 Å². The van der Waals surface area contributed by atoms with E-state index in [0.717, 1.165) is 23.1 Å². The van der Waals surface area contributed by atoms with Crippen molar-refractivity contribution in [3.8, 4) is 5.75 Å². The average Bonchev–Trinajstić information content (AvgIpc) is 3.50. The second-order valence-corrected chi connectivity index (χ2v) is 10.1. The number of aryl methyl sites for hydroxylation is 1. The van der Waals surface area contributed by atoms with Crippen molar-refractivity contribution in [2.75, 3.05) is 23.1 Å². The van der Waals surface area contributed by atoms with Crippen molar-refractivity contribution in [1.29, 1.82) is 0 Å². The summed E-state index contributed by atoms with van der Waals surface area (Å²) < 4.78 is 5.45. The molecule has 40 heavy (non-hydrogen) atoms. The maximum absolute atomic E-state index is 12.7. The van der Waals surface area contributed by atoms with Crippen molar-refractivity contribution in [3.63, 3.8) is 0 Å². The SMILES string of the molecule is CC[C@@H](NC(=O)c1cccs1)c1ccc(NC(=O)Cc2ccc(NC(=O)Nc3ccccc3C)c(OC)c2)cc1. The summed E-state index contributed by atoms with van der Waals surface area (Å²) in [4.78, 5) is 38.4. The van der Waals surface area contributed by atoms with Crippen LogP contribution < -0.4 is 26.0 Å². The molecule has 206 valence electrons. The van der Waals surface area contributed by atoms with Crippen molar-refractivity contribution in [1.82, 2.24) is 5.32 Å². The van der Waals surface area contributed by atoms with Crippen LogP contribution in [0, 0.1) is 6.92 Å². The van der Waals surface area contributed by atoms with Gasteiger partial charge in [0.05, 0.1) is 30.1 Å². The monoisotopic (exact) mass is 556 g/mol. The summed E-state index contributed by atoms with van der Waals surface area (Å²) in [5.74, 6) is 0.165. The van der Waals surface area contributed by atoms with Crippen LogP contribution in [0.25, 0.3) is 0 Å². The number of para-hydroxylation sites is 1. The van der Waals surface area contributed by atoms with E-state index in [1.54, 1.807) is 24.3 Å². The van der Waals surface area contributed by atoms with Crippen LogP contribution in [0.1, 0.15) is 45.7 Å². The molecule has 0 aliphatic carbocycles. The second kappa shape index (κ2) is 13.4. The molecule has 0 unspecified atom stereocenters. The molecule has 0 saturated heterocycles. The van der Waals surface area contributed by atoms with E-state index < -0.39 is 6.03 Å². The van der Waals surface area contributed by atoms with Crippen LogP contribution in [0.4, 0.5) is 21.9 Å². The van der Waals surface area contributed by atoms with Gasteiger partial charge in [-0.1, -0.05) is 49.4 Å². The zero-order valence-corrected chi connectivity index (χ0v) is 23.4. The van der Waals surface area contributed by atoms with E-state index >= 15 is 0 Å². The molecule has 4 aromatic rings. The molecule has 0 spiro atoms. The van der Waals surface area contributed by atoms with Gasteiger partial charge in [0.2, 0.25) is 5.91 Å². The van der Waals surface area contributed by atoms with Crippen LogP contribution in [0.15, 0.2) is 84.2 Å². The summed E-state index contributed by atoms with van der Waals surface area (Å²) in [5.41, 5.74) is 4.51. The fourth-order valence-corrected chi connectivity index (χ4v) is 4.81. The number of hydrogen-bond donors (Lipinski definition) is 4. The van der Waals surface area contributed by atoms with Gasteiger partial charge in [-0.2, -0.15) is 0 Å². The molecular weight excluding hydrogens is 524 g/mol. The minimum Gasteiger partial charge on any atom is -0.495 e. The number of ether oxygens (including phenoxy) is 1. The van der Waals surface area contributed by atoms with Crippen molar-refractivity contribution >= 4 is 46.2 Å². The second-order valence-electron chi connectivity index (χ2n) is 9.19. The number of rotatable bonds is 10. The third-order valence-corrected chi connectivity index (χ3v) is 7.20. The summed E-state index contributed by atoms with van der Waals surface area (Å²) in [5, 5.41) is 13.5. The molecule has 0 saturated carbocycles. The molecular formula is C31H32N4O4S. The summed E-state index contributed by atoms with van der Waals surface area (Å²) in [6.07, 6.45) is 0.866. The van der Waals surface area contributed by atoms with E-state index in [4.69, 9.17) is 4.74 Å². The molecule has 0 bridgehead atoms. The van der Waals surface area contributed by atoms with Crippen LogP contribution in [0.3, 0.4) is 0 Å². The summed E-state index contributed by atoms with van der Waals surface area (Å²) in [6, 6.07) is 23.3. The first-order valence-electron chi connectivity index (χ1n) is 12.9. The predicted octanol–water partition coefficient (Wildman–Crippen LogP) is 6.77. The summed E-state index contributed by atoms with van der Waals surface area (Å²) >= 11 is 1.41.